The molecule has 2 N–H and O–H groups in total. The molecule has 2 aromatic rings. The molecule has 20 heavy (non-hydrogen) atoms. The van der Waals surface area contributed by atoms with Crippen LogP contribution >= 0.6 is 11.6 Å². The largest absolute Gasteiger partial charge is 0.354 e. The van der Waals surface area contributed by atoms with E-state index in [-0.39, 0.29) is 5.91 Å². The van der Waals surface area contributed by atoms with E-state index in [0.717, 1.165) is 5.69 Å². The Bertz CT molecular complexity index is 692. The van der Waals surface area contributed by atoms with Crippen LogP contribution in [0.5, 0.6) is 0 Å². The van der Waals surface area contributed by atoms with Crippen LogP contribution in [0.4, 0.5) is 17.1 Å². The first-order valence-corrected chi connectivity index (χ1v) is 6.30. The van der Waals surface area contributed by atoms with Gasteiger partial charge >= 0.3 is 0 Å². The van der Waals surface area contributed by atoms with E-state index in [1.54, 1.807) is 30.3 Å². The summed E-state index contributed by atoms with van der Waals surface area (Å²) < 4.78 is 0. The third-order valence-corrected chi connectivity index (χ3v) is 2.80. The highest BCUT2D eigenvalue weighted by atomic mass is 35.5. The number of rotatable bonds is 3. The first kappa shape index (κ1) is 13.9. The Balaban J connectivity index is 2.28. The van der Waals surface area contributed by atoms with Crippen molar-refractivity contribution < 1.29 is 4.79 Å². The molecule has 5 heteroatoms. The van der Waals surface area contributed by atoms with Crippen LogP contribution in [0.3, 0.4) is 0 Å². The average molecular weight is 286 g/mol. The molecule has 0 radical (unpaired) electrons. The Hall–Kier alpha value is -2.51. The predicted molar refractivity (Wildman–Crippen MR) is 80.2 cm³/mol. The Labute approximate surface area is 122 Å². The quantitative estimate of drug-likeness (QED) is 0.898. The molecule has 0 bridgehead atoms. The summed E-state index contributed by atoms with van der Waals surface area (Å²) in [6.45, 7) is 1.45. The molecule has 100 valence electrons. The topological polar surface area (TPSA) is 64.9 Å². The van der Waals surface area contributed by atoms with E-state index in [4.69, 9.17) is 16.9 Å². The van der Waals surface area contributed by atoms with Crippen LogP contribution in [0.1, 0.15) is 12.5 Å². The van der Waals surface area contributed by atoms with Crippen molar-refractivity contribution in [2.24, 2.45) is 0 Å². The monoisotopic (exact) mass is 285 g/mol. The lowest BCUT2D eigenvalue weighted by Gasteiger charge is -2.10. The van der Waals surface area contributed by atoms with Crippen molar-refractivity contribution in [2.75, 3.05) is 10.6 Å². The molecule has 0 saturated carbocycles. The molecule has 0 aromatic heterocycles. The number of carbonyl (C=O) groups excluding carboxylic acids is 1. The second-order valence-corrected chi connectivity index (χ2v) is 4.63. The van der Waals surface area contributed by atoms with Gasteiger partial charge in [-0.3, -0.25) is 4.79 Å². The first-order valence-electron chi connectivity index (χ1n) is 5.93. The van der Waals surface area contributed by atoms with Crippen LogP contribution in [0.15, 0.2) is 42.5 Å². The van der Waals surface area contributed by atoms with Gasteiger partial charge in [0.15, 0.2) is 0 Å². The fraction of sp³-hybridized carbons (Fsp3) is 0.0667. The number of carbonyl (C=O) groups is 1. The number of benzene rings is 2. The molecule has 2 aromatic carbocycles. The van der Waals surface area contributed by atoms with Crippen molar-refractivity contribution in [3.05, 3.63) is 53.1 Å². The Kier molecular flexibility index (Phi) is 4.24. The van der Waals surface area contributed by atoms with Crippen LogP contribution < -0.4 is 10.6 Å². The van der Waals surface area contributed by atoms with E-state index < -0.39 is 0 Å². The lowest BCUT2D eigenvalue weighted by atomic mass is 10.2. The number of hydrogen-bond acceptors (Lipinski definition) is 3. The Morgan fingerprint density at radius 3 is 2.65 bits per heavy atom. The summed E-state index contributed by atoms with van der Waals surface area (Å²) in [5.74, 6) is -0.136. The summed E-state index contributed by atoms with van der Waals surface area (Å²) in [6.07, 6.45) is 0. The fourth-order valence-electron chi connectivity index (χ4n) is 1.75. The molecule has 0 spiro atoms. The number of halogens is 1. The normalized spacial score (nSPS) is 9.65. The number of amides is 1. The minimum Gasteiger partial charge on any atom is -0.354 e. The van der Waals surface area contributed by atoms with Gasteiger partial charge < -0.3 is 10.6 Å². The van der Waals surface area contributed by atoms with Gasteiger partial charge in [-0.25, -0.2) is 0 Å². The van der Waals surface area contributed by atoms with Crippen LogP contribution in [0, 0.1) is 11.3 Å². The molecule has 0 atom stereocenters. The van der Waals surface area contributed by atoms with Crippen molar-refractivity contribution in [3.8, 4) is 6.07 Å². The van der Waals surface area contributed by atoms with Crippen LogP contribution in [0.25, 0.3) is 0 Å². The van der Waals surface area contributed by atoms with Crippen molar-refractivity contribution >= 4 is 34.6 Å². The summed E-state index contributed by atoms with van der Waals surface area (Å²) in [7, 11) is 0. The maximum atomic E-state index is 11.0. The predicted octanol–water partition coefficient (Wildman–Crippen LogP) is 3.91. The minimum absolute atomic E-state index is 0.136. The SMILES string of the molecule is CC(=O)Nc1cccc(Nc2cc(Cl)ccc2C#N)c1. The molecule has 1 amide bonds. The van der Waals surface area contributed by atoms with Crippen LogP contribution in [-0.2, 0) is 4.79 Å². The van der Waals surface area contributed by atoms with Crippen LogP contribution in [-0.4, -0.2) is 5.91 Å². The summed E-state index contributed by atoms with van der Waals surface area (Å²) in [4.78, 5) is 11.0. The third kappa shape index (κ3) is 3.50. The molecule has 0 saturated heterocycles. The van der Waals surface area contributed by atoms with E-state index in [2.05, 4.69) is 16.7 Å². The Morgan fingerprint density at radius 2 is 1.95 bits per heavy atom. The smallest absolute Gasteiger partial charge is 0.221 e. The average Bonchev–Trinajstić information content (AvgIpc) is 2.38. The highest BCUT2D eigenvalue weighted by molar-refractivity contribution is 6.30. The van der Waals surface area contributed by atoms with Gasteiger partial charge in [0, 0.05) is 23.3 Å². The zero-order chi connectivity index (χ0) is 14.5. The van der Waals surface area contributed by atoms with E-state index in [0.29, 0.717) is 22.0 Å². The lowest BCUT2D eigenvalue weighted by molar-refractivity contribution is -0.114. The molecule has 2 rings (SSSR count). The third-order valence-electron chi connectivity index (χ3n) is 2.56. The lowest BCUT2D eigenvalue weighted by Crippen LogP contribution is -2.05. The van der Waals surface area contributed by atoms with Gasteiger partial charge in [0.2, 0.25) is 5.91 Å². The van der Waals surface area contributed by atoms with Gasteiger partial charge in [0.1, 0.15) is 6.07 Å². The molecule has 0 aliphatic heterocycles. The number of anilines is 3. The summed E-state index contributed by atoms with van der Waals surface area (Å²) in [5.41, 5.74) is 2.57. The van der Waals surface area contributed by atoms with E-state index >= 15 is 0 Å². The highest BCUT2D eigenvalue weighted by Crippen LogP contribution is 2.25. The zero-order valence-corrected chi connectivity index (χ0v) is 11.5. The van der Waals surface area contributed by atoms with Gasteiger partial charge in [-0.1, -0.05) is 17.7 Å². The molecule has 0 aliphatic rings. The van der Waals surface area contributed by atoms with E-state index in [1.807, 2.05) is 12.1 Å². The molecule has 0 fully saturated rings. The Morgan fingerprint density at radius 1 is 1.20 bits per heavy atom. The molecule has 0 unspecified atom stereocenters. The number of nitrogens with one attached hydrogen (secondary N) is 2. The maximum absolute atomic E-state index is 11.0. The van der Waals surface area contributed by atoms with Crippen molar-refractivity contribution in [3.63, 3.8) is 0 Å². The number of nitrogens with zero attached hydrogens (tertiary/aromatic N) is 1. The summed E-state index contributed by atoms with van der Waals surface area (Å²) >= 11 is 5.93. The van der Waals surface area contributed by atoms with E-state index in [1.165, 1.54) is 6.92 Å². The molecule has 0 heterocycles. The standard InChI is InChI=1S/C15H12ClN3O/c1-10(20)18-13-3-2-4-14(8-13)19-15-7-12(16)6-5-11(15)9-17/h2-8,19H,1H3,(H,18,20). The van der Waals surface area contributed by atoms with Gasteiger partial charge in [-0.2, -0.15) is 5.26 Å². The number of nitriles is 1. The zero-order valence-electron chi connectivity index (χ0n) is 10.8. The molecule has 4 nitrogen and oxygen atoms in total. The fourth-order valence-corrected chi connectivity index (χ4v) is 1.92. The van der Waals surface area contributed by atoms with Gasteiger partial charge in [0.05, 0.1) is 11.3 Å². The van der Waals surface area contributed by atoms with Crippen LogP contribution in [0.2, 0.25) is 5.02 Å². The van der Waals surface area contributed by atoms with Crippen molar-refractivity contribution in [2.45, 2.75) is 6.92 Å². The minimum atomic E-state index is -0.136. The van der Waals surface area contributed by atoms with Gasteiger partial charge in [-0.15, -0.1) is 0 Å². The molecular weight excluding hydrogens is 274 g/mol. The summed E-state index contributed by atoms with van der Waals surface area (Å²) in [6, 6.07) is 14.3. The number of hydrogen-bond donors (Lipinski definition) is 2. The van der Waals surface area contributed by atoms with Crippen molar-refractivity contribution in [1.29, 1.82) is 5.26 Å². The second kappa shape index (κ2) is 6.09. The second-order valence-electron chi connectivity index (χ2n) is 4.19. The maximum Gasteiger partial charge on any atom is 0.221 e. The van der Waals surface area contributed by atoms with Gasteiger partial charge in [0.25, 0.3) is 0 Å². The van der Waals surface area contributed by atoms with Crippen molar-refractivity contribution in [1.82, 2.24) is 0 Å². The first-order chi connectivity index (χ1) is 9.58. The summed E-state index contributed by atoms with van der Waals surface area (Å²) in [5, 5.41) is 15.4. The molecular formula is C15H12ClN3O. The highest BCUT2D eigenvalue weighted by Gasteiger charge is 2.04. The molecule has 0 aliphatic carbocycles. The van der Waals surface area contributed by atoms with Gasteiger partial charge in [-0.05, 0) is 36.4 Å². The van der Waals surface area contributed by atoms with E-state index in [9.17, 15) is 4.79 Å².